The van der Waals surface area contributed by atoms with Gasteiger partial charge in [-0.2, -0.15) is 0 Å². The second-order valence-corrected chi connectivity index (χ2v) is 6.79. The molecule has 1 aliphatic heterocycles. The summed E-state index contributed by atoms with van der Waals surface area (Å²) in [6.45, 7) is 3.02. The normalized spacial score (nSPS) is 16.8. The number of nitrogens with one attached hydrogen (secondary N) is 1. The Bertz CT molecular complexity index is 607. The lowest BCUT2D eigenvalue weighted by Gasteiger charge is -2.22. The van der Waals surface area contributed by atoms with Crippen LogP contribution in [0, 0.1) is 10.1 Å². The van der Waals surface area contributed by atoms with E-state index in [0.29, 0.717) is 18.8 Å². The van der Waals surface area contributed by atoms with E-state index in [9.17, 15) is 18.5 Å². The molecule has 0 amide bonds. The average molecular weight is 299 g/mol. The van der Waals surface area contributed by atoms with E-state index in [1.807, 2.05) is 4.90 Å². The van der Waals surface area contributed by atoms with Crippen LogP contribution in [0.4, 0.5) is 11.4 Å². The number of sulfone groups is 1. The van der Waals surface area contributed by atoms with E-state index in [1.165, 1.54) is 12.1 Å². The smallest absolute Gasteiger partial charge is 0.293 e. The van der Waals surface area contributed by atoms with Gasteiger partial charge < -0.3 is 10.2 Å². The SMILES string of the molecule is CS(=O)(=O)c1ccc(N2CCCNCC2)c([N+](=O)[O-])c1. The number of benzene rings is 1. The van der Waals surface area contributed by atoms with Crippen LogP contribution in [0.1, 0.15) is 6.42 Å². The van der Waals surface area contributed by atoms with Gasteiger partial charge in [0.15, 0.2) is 9.84 Å². The molecule has 0 bridgehead atoms. The first-order valence-electron chi connectivity index (χ1n) is 6.34. The Balaban J connectivity index is 2.44. The molecule has 1 aromatic carbocycles. The standard InChI is InChI=1S/C12H17N3O4S/c1-20(18,19)10-3-4-11(12(9-10)15(16)17)14-7-2-5-13-6-8-14/h3-4,9,13H,2,5-8H2,1H3. The molecule has 110 valence electrons. The van der Waals surface area contributed by atoms with Gasteiger partial charge in [-0.05, 0) is 25.1 Å². The van der Waals surface area contributed by atoms with Gasteiger partial charge in [0.25, 0.3) is 5.69 Å². The second kappa shape index (κ2) is 5.76. The highest BCUT2D eigenvalue weighted by Crippen LogP contribution is 2.31. The highest BCUT2D eigenvalue weighted by atomic mass is 32.2. The molecule has 1 N–H and O–H groups in total. The second-order valence-electron chi connectivity index (χ2n) is 4.77. The summed E-state index contributed by atoms with van der Waals surface area (Å²) in [6, 6.07) is 4.10. The minimum atomic E-state index is -3.45. The molecule has 2 rings (SSSR count). The van der Waals surface area contributed by atoms with Crippen LogP contribution in [0.2, 0.25) is 0 Å². The summed E-state index contributed by atoms with van der Waals surface area (Å²) >= 11 is 0. The molecule has 20 heavy (non-hydrogen) atoms. The number of anilines is 1. The molecule has 1 aromatic rings. The van der Waals surface area contributed by atoms with Gasteiger partial charge in [0, 0.05) is 32.0 Å². The first kappa shape index (κ1) is 14.7. The monoisotopic (exact) mass is 299 g/mol. The molecule has 0 aromatic heterocycles. The molecule has 0 radical (unpaired) electrons. The van der Waals surface area contributed by atoms with Crippen molar-refractivity contribution in [1.29, 1.82) is 0 Å². The van der Waals surface area contributed by atoms with Crippen molar-refractivity contribution in [2.24, 2.45) is 0 Å². The number of hydrogen-bond acceptors (Lipinski definition) is 6. The van der Waals surface area contributed by atoms with Crippen molar-refractivity contribution >= 4 is 21.2 Å². The molecule has 0 unspecified atom stereocenters. The Kier molecular flexibility index (Phi) is 4.24. The number of nitrogens with zero attached hydrogens (tertiary/aromatic N) is 2. The van der Waals surface area contributed by atoms with Crippen LogP contribution < -0.4 is 10.2 Å². The third-order valence-electron chi connectivity index (χ3n) is 3.25. The van der Waals surface area contributed by atoms with Crippen LogP contribution in [-0.4, -0.2) is 45.8 Å². The van der Waals surface area contributed by atoms with Gasteiger partial charge in [0.2, 0.25) is 0 Å². The fourth-order valence-corrected chi connectivity index (χ4v) is 2.88. The first-order valence-corrected chi connectivity index (χ1v) is 8.23. The van der Waals surface area contributed by atoms with Crippen molar-refractivity contribution < 1.29 is 13.3 Å². The van der Waals surface area contributed by atoms with E-state index >= 15 is 0 Å². The fraction of sp³-hybridized carbons (Fsp3) is 0.500. The van der Waals surface area contributed by atoms with E-state index in [-0.39, 0.29) is 10.6 Å². The lowest BCUT2D eigenvalue weighted by Crippen LogP contribution is -2.28. The van der Waals surface area contributed by atoms with Gasteiger partial charge >= 0.3 is 0 Å². The van der Waals surface area contributed by atoms with E-state index in [4.69, 9.17) is 0 Å². The van der Waals surface area contributed by atoms with E-state index in [0.717, 1.165) is 31.8 Å². The third-order valence-corrected chi connectivity index (χ3v) is 4.36. The summed E-state index contributed by atoms with van der Waals surface area (Å²) < 4.78 is 23.0. The van der Waals surface area contributed by atoms with Crippen molar-refractivity contribution in [3.63, 3.8) is 0 Å². The quantitative estimate of drug-likeness (QED) is 0.655. The molecule has 1 fully saturated rings. The largest absolute Gasteiger partial charge is 0.365 e. The summed E-state index contributed by atoms with van der Waals surface area (Å²) in [4.78, 5) is 12.6. The van der Waals surface area contributed by atoms with Crippen molar-refractivity contribution in [2.45, 2.75) is 11.3 Å². The van der Waals surface area contributed by atoms with Gasteiger partial charge in [-0.3, -0.25) is 10.1 Å². The molecule has 0 aliphatic carbocycles. The molecule has 1 saturated heterocycles. The van der Waals surface area contributed by atoms with E-state index in [1.54, 1.807) is 0 Å². The van der Waals surface area contributed by atoms with Crippen LogP contribution in [0.25, 0.3) is 0 Å². The Morgan fingerprint density at radius 3 is 2.70 bits per heavy atom. The van der Waals surface area contributed by atoms with Crippen LogP contribution in [0.5, 0.6) is 0 Å². The average Bonchev–Trinajstić information content (AvgIpc) is 2.65. The molecule has 0 atom stereocenters. The van der Waals surface area contributed by atoms with Crippen molar-refractivity contribution in [1.82, 2.24) is 5.32 Å². The van der Waals surface area contributed by atoms with Crippen LogP contribution in [0.3, 0.4) is 0 Å². The molecular formula is C12H17N3O4S. The van der Waals surface area contributed by atoms with Crippen LogP contribution >= 0.6 is 0 Å². The van der Waals surface area contributed by atoms with E-state index < -0.39 is 14.8 Å². The molecule has 1 aliphatic rings. The predicted octanol–water partition coefficient (Wildman–Crippen LogP) is 0.798. The maximum Gasteiger partial charge on any atom is 0.293 e. The third kappa shape index (κ3) is 3.26. The van der Waals surface area contributed by atoms with Gasteiger partial charge in [-0.1, -0.05) is 0 Å². The Hall–Kier alpha value is -1.67. The highest BCUT2D eigenvalue weighted by molar-refractivity contribution is 7.90. The van der Waals surface area contributed by atoms with Gasteiger partial charge in [-0.15, -0.1) is 0 Å². The Labute approximate surface area is 117 Å². The summed E-state index contributed by atoms with van der Waals surface area (Å²) in [5, 5.41) is 14.4. The highest BCUT2D eigenvalue weighted by Gasteiger charge is 2.23. The fourth-order valence-electron chi connectivity index (χ4n) is 2.23. The zero-order valence-corrected chi connectivity index (χ0v) is 12.0. The maximum absolute atomic E-state index is 11.5. The molecule has 8 heteroatoms. The van der Waals surface area contributed by atoms with Crippen LogP contribution in [0.15, 0.2) is 23.1 Å². The summed E-state index contributed by atoms with van der Waals surface area (Å²) in [7, 11) is -3.45. The van der Waals surface area contributed by atoms with Crippen molar-refractivity contribution in [3.05, 3.63) is 28.3 Å². The van der Waals surface area contributed by atoms with Crippen molar-refractivity contribution in [3.8, 4) is 0 Å². The van der Waals surface area contributed by atoms with E-state index in [2.05, 4.69) is 5.32 Å². The number of hydrogen-bond donors (Lipinski definition) is 1. The maximum atomic E-state index is 11.5. The summed E-state index contributed by atoms with van der Waals surface area (Å²) in [5.74, 6) is 0. The molecular weight excluding hydrogens is 282 g/mol. The zero-order valence-electron chi connectivity index (χ0n) is 11.2. The minimum Gasteiger partial charge on any atom is -0.365 e. The number of nitro benzene ring substituents is 1. The Morgan fingerprint density at radius 2 is 2.05 bits per heavy atom. The molecule has 0 saturated carbocycles. The van der Waals surface area contributed by atoms with Gasteiger partial charge in [0.1, 0.15) is 5.69 Å². The zero-order chi connectivity index (χ0) is 14.8. The van der Waals surface area contributed by atoms with Crippen LogP contribution in [-0.2, 0) is 9.84 Å². The minimum absolute atomic E-state index is 0.0269. The first-order chi connectivity index (χ1) is 9.39. The molecule has 7 nitrogen and oxygen atoms in total. The predicted molar refractivity (Wildman–Crippen MR) is 75.9 cm³/mol. The molecule has 0 spiro atoms. The van der Waals surface area contributed by atoms with Gasteiger partial charge in [0.05, 0.1) is 9.82 Å². The Morgan fingerprint density at radius 1 is 1.30 bits per heavy atom. The topological polar surface area (TPSA) is 92.6 Å². The summed E-state index contributed by atoms with van der Waals surface area (Å²) in [5.41, 5.74) is 0.320. The van der Waals surface area contributed by atoms with Crippen molar-refractivity contribution in [2.75, 3.05) is 37.3 Å². The number of rotatable bonds is 3. The molecule has 1 heterocycles. The summed E-state index contributed by atoms with van der Waals surface area (Å²) in [6.07, 6.45) is 1.94. The lowest BCUT2D eigenvalue weighted by atomic mass is 10.2. The van der Waals surface area contributed by atoms with Gasteiger partial charge in [-0.25, -0.2) is 8.42 Å². The number of nitro groups is 1. The lowest BCUT2D eigenvalue weighted by molar-refractivity contribution is -0.384.